The first kappa shape index (κ1) is 28.7. The van der Waals surface area contributed by atoms with Crippen molar-refractivity contribution < 1.29 is 23.2 Å². The molecule has 45 heavy (non-hydrogen) atoms. The van der Waals surface area contributed by atoms with E-state index in [1.54, 1.807) is 40.3 Å². The quantitative estimate of drug-likeness (QED) is 0.280. The Morgan fingerprint density at radius 3 is 2.76 bits per heavy atom. The average molecular weight is 628 g/mol. The Bertz CT molecular complexity index is 1930. The molecule has 0 bridgehead atoms. The van der Waals surface area contributed by atoms with Crippen molar-refractivity contribution >= 4 is 55.5 Å². The Morgan fingerprint density at radius 1 is 1.13 bits per heavy atom. The standard InChI is InChI=1S/C32H30FN7O4S/c1-37(32(43)35-15-19-5-8-23(33)9-6-19)39-18-28(41)40-24(14-20-7-10-25-21(13-20)11-12-44-25)30(42)38(17-27(39)40)16-22-3-2-4-26-29(22)36-31(34)45-26/h2-13,24,27H,14-18H2,1H3,(H2,34,36)(H,35,43)/t24-,27+/m0/s1. The van der Waals surface area contributed by atoms with Crippen LogP contribution < -0.4 is 11.1 Å². The van der Waals surface area contributed by atoms with Crippen LogP contribution in [-0.2, 0) is 29.1 Å². The van der Waals surface area contributed by atoms with Crippen LogP contribution in [0.2, 0.25) is 0 Å². The highest BCUT2D eigenvalue weighted by molar-refractivity contribution is 7.22. The Morgan fingerprint density at radius 2 is 1.93 bits per heavy atom. The fourth-order valence-electron chi connectivity index (χ4n) is 6.18. The molecule has 2 saturated heterocycles. The number of hydrogen-bond donors (Lipinski definition) is 2. The first-order chi connectivity index (χ1) is 21.7. The van der Waals surface area contributed by atoms with Gasteiger partial charge in [-0.05, 0) is 53.1 Å². The summed E-state index contributed by atoms with van der Waals surface area (Å²) in [5.41, 5.74) is 9.95. The van der Waals surface area contributed by atoms with E-state index in [1.807, 2.05) is 42.5 Å². The lowest BCUT2D eigenvalue weighted by atomic mass is 9.99. The smallest absolute Gasteiger partial charge is 0.332 e. The maximum Gasteiger partial charge on any atom is 0.332 e. The molecule has 2 aliphatic heterocycles. The third-order valence-corrected chi connectivity index (χ3v) is 9.28. The SMILES string of the molecule is CN(C(=O)NCc1ccc(F)cc1)N1CC(=O)N2[C@@H](Cc3ccc4occc4c3)C(=O)N(Cc3cccc4sc(N)nc34)C[C@@H]21. The number of nitrogens with two attached hydrogens (primary N) is 1. The molecule has 0 spiro atoms. The number of anilines is 1. The van der Waals surface area contributed by atoms with Gasteiger partial charge < -0.3 is 25.3 Å². The van der Waals surface area contributed by atoms with E-state index in [9.17, 15) is 18.8 Å². The molecule has 0 saturated carbocycles. The van der Waals surface area contributed by atoms with Crippen molar-refractivity contribution in [2.45, 2.75) is 31.7 Å². The topological polar surface area (TPSA) is 128 Å². The molecule has 2 aromatic heterocycles. The van der Waals surface area contributed by atoms with Gasteiger partial charge in [-0.3, -0.25) is 14.6 Å². The van der Waals surface area contributed by atoms with E-state index >= 15 is 0 Å². The molecule has 0 aliphatic carbocycles. The summed E-state index contributed by atoms with van der Waals surface area (Å²) in [4.78, 5) is 48.9. The van der Waals surface area contributed by atoms with Crippen molar-refractivity contribution in [2.24, 2.45) is 0 Å². The van der Waals surface area contributed by atoms with E-state index in [2.05, 4.69) is 10.3 Å². The molecule has 7 rings (SSSR count). The number of piperazine rings is 1. The number of thiazole rings is 1. The van der Waals surface area contributed by atoms with Crippen molar-refractivity contribution in [2.75, 3.05) is 25.9 Å². The molecule has 4 amide bonds. The lowest BCUT2D eigenvalue weighted by molar-refractivity contribution is -0.157. The number of fused-ring (bicyclic) bond motifs is 3. The van der Waals surface area contributed by atoms with Crippen molar-refractivity contribution in [3.8, 4) is 0 Å². The molecule has 5 aromatic rings. The predicted octanol–water partition coefficient (Wildman–Crippen LogP) is 3.94. The number of rotatable bonds is 7. The number of halogens is 1. The number of nitrogens with zero attached hydrogens (tertiary/aromatic N) is 5. The molecule has 230 valence electrons. The molecular weight excluding hydrogens is 597 g/mol. The number of hydrogen-bond acceptors (Lipinski definition) is 8. The molecule has 0 radical (unpaired) electrons. The monoisotopic (exact) mass is 627 g/mol. The van der Waals surface area contributed by atoms with Crippen LogP contribution >= 0.6 is 11.3 Å². The molecule has 3 aromatic carbocycles. The van der Waals surface area contributed by atoms with Gasteiger partial charge in [-0.2, -0.15) is 5.01 Å². The summed E-state index contributed by atoms with van der Waals surface area (Å²) in [5, 5.41) is 7.27. The lowest BCUT2D eigenvalue weighted by Crippen LogP contribution is -2.65. The molecule has 13 heteroatoms. The number of para-hydroxylation sites is 1. The van der Waals surface area contributed by atoms with Gasteiger partial charge in [0.05, 0.1) is 29.6 Å². The Labute approximate surface area is 261 Å². The zero-order valence-corrected chi connectivity index (χ0v) is 25.2. The summed E-state index contributed by atoms with van der Waals surface area (Å²) >= 11 is 1.38. The molecule has 3 N–H and O–H groups in total. The zero-order valence-electron chi connectivity index (χ0n) is 24.4. The third kappa shape index (κ3) is 5.44. The summed E-state index contributed by atoms with van der Waals surface area (Å²) < 4.78 is 19.7. The van der Waals surface area contributed by atoms with E-state index in [1.165, 1.54) is 28.5 Å². The van der Waals surface area contributed by atoms with Gasteiger partial charge >= 0.3 is 6.03 Å². The van der Waals surface area contributed by atoms with Crippen LogP contribution in [0.3, 0.4) is 0 Å². The van der Waals surface area contributed by atoms with Crippen molar-refractivity contribution in [3.63, 3.8) is 0 Å². The van der Waals surface area contributed by atoms with Gasteiger partial charge in [-0.25, -0.2) is 14.2 Å². The average Bonchev–Trinajstić information content (AvgIpc) is 3.74. The number of urea groups is 1. The number of furan rings is 1. The maximum absolute atomic E-state index is 14.2. The van der Waals surface area contributed by atoms with Crippen LogP contribution in [0.5, 0.6) is 0 Å². The molecule has 2 fully saturated rings. The second-order valence-corrected chi connectivity index (χ2v) is 12.3. The Balaban J connectivity index is 1.18. The van der Waals surface area contributed by atoms with E-state index in [0.717, 1.165) is 37.9 Å². The Kier molecular flexibility index (Phi) is 7.34. The summed E-state index contributed by atoms with van der Waals surface area (Å²) in [6.45, 7) is 0.572. The van der Waals surface area contributed by atoms with Gasteiger partial charge in [-0.15, -0.1) is 0 Å². The predicted molar refractivity (Wildman–Crippen MR) is 167 cm³/mol. The minimum Gasteiger partial charge on any atom is -0.464 e. The summed E-state index contributed by atoms with van der Waals surface area (Å²) in [5.74, 6) is -0.782. The van der Waals surface area contributed by atoms with Crippen molar-refractivity contribution in [1.29, 1.82) is 0 Å². The molecule has 2 aliphatic rings. The number of nitrogens with one attached hydrogen (secondary N) is 1. The number of nitrogen functional groups attached to an aromatic ring is 1. The van der Waals surface area contributed by atoms with Gasteiger partial charge in [0, 0.05) is 31.9 Å². The van der Waals surface area contributed by atoms with E-state index in [4.69, 9.17) is 10.2 Å². The minimum absolute atomic E-state index is 0.0677. The van der Waals surface area contributed by atoms with Crippen molar-refractivity contribution in [3.05, 3.63) is 95.5 Å². The van der Waals surface area contributed by atoms with E-state index < -0.39 is 18.2 Å². The van der Waals surface area contributed by atoms with Gasteiger partial charge in [-0.1, -0.05) is 41.7 Å². The number of amides is 4. The molecule has 2 atom stereocenters. The summed E-state index contributed by atoms with van der Waals surface area (Å²) in [6.07, 6.45) is 1.32. The normalized spacial score (nSPS) is 18.6. The molecule has 0 unspecified atom stereocenters. The minimum atomic E-state index is -0.791. The number of benzene rings is 3. The van der Waals surface area contributed by atoms with Crippen LogP contribution in [0.1, 0.15) is 16.7 Å². The fraction of sp³-hybridized carbons (Fsp3) is 0.250. The lowest BCUT2D eigenvalue weighted by Gasteiger charge is -2.45. The number of hydrazine groups is 1. The Hall–Kier alpha value is -5.01. The zero-order chi connectivity index (χ0) is 31.2. The second-order valence-electron chi connectivity index (χ2n) is 11.2. The number of aromatic nitrogens is 1. The van der Waals surface area contributed by atoms with Crippen LogP contribution in [0, 0.1) is 5.82 Å². The first-order valence-electron chi connectivity index (χ1n) is 14.5. The van der Waals surface area contributed by atoms with Gasteiger partial charge in [0.1, 0.15) is 23.6 Å². The summed E-state index contributed by atoms with van der Waals surface area (Å²) in [7, 11) is 1.60. The number of carbonyl (C=O) groups excluding carboxylic acids is 3. The third-order valence-electron chi connectivity index (χ3n) is 8.43. The molecule has 4 heterocycles. The highest BCUT2D eigenvalue weighted by Crippen LogP contribution is 2.32. The second kappa shape index (κ2) is 11.5. The molecule has 11 nitrogen and oxygen atoms in total. The maximum atomic E-state index is 14.2. The van der Waals surface area contributed by atoms with Crippen LogP contribution in [-0.4, -0.2) is 75.0 Å². The highest BCUT2D eigenvalue weighted by Gasteiger charge is 2.51. The van der Waals surface area contributed by atoms with E-state index in [-0.39, 0.29) is 43.8 Å². The van der Waals surface area contributed by atoms with E-state index in [0.29, 0.717) is 11.6 Å². The van der Waals surface area contributed by atoms with Crippen LogP contribution in [0.4, 0.5) is 14.3 Å². The largest absolute Gasteiger partial charge is 0.464 e. The van der Waals surface area contributed by atoms with Crippen LogP contribution in [0.15, 0.2) is 77.4 Å². The van der Waals surface area contributed by atoms with Crippen molar-refractivity contribution in [1.82, 2.24) is 30.1 Å². The summed E-state index contributed by atoms with van der Waals surface area (Å²) in [6, 6.07) is 18.0. The van der Waals surface area contributed by atoms with Gasteiger partial charge in [0.15, 0.2) is 5.13 Å². The van der Waals surface area contributed by atoms with Gasteiger partial charge in [0.25, 0.3) is 0 Å². The number of carbonyl (C=O) groups is 3. The first-order valence-corrected chi connectivity index (χ1v) is 15.3. The highest BCUT2D eigenvalue weighted by atomic mass is 32.1. The fourth-order valence-corrected chi connectivity index (χ4v) is 6.97. The van der Waals surface area contributed by atoms with Gasteiger partial charge in [0.2, 0.25) is 11.8 Å². The van der Waals surface area contributed by atoms with Crippen LogP contribution in [0.25, 0.3) is 21.2 Å². The molecular formula is C32H30FN7O4S.